The second kappa shape index (κ2) is 8.54. The van der Waals surface area contributed by atoms with Gasteiger partial charge in [-0.25, -0.2) is 18.7 Å². The molecule has 4 rings (SSSR count). The topological polar surface area (TPSA) is 104 Å². The highest BCUT2D eigenvalue weighted by Crippen LogP contribution is 2.43. The Balaban J connectivity index is 1.78. The van der Waals surface area contributed by atoms with Crippen molar-refractivity contribution >= 4 is 22.8 Å². The fourth-order valence-electron chi connectivity index (χ4n) is 4.47. The number of pyridine rings is 2. The van der Waals surface area contributed by atoms with Gasteiger partial charge in [0.1, 0.15) is 17.5 Å². The van der Waals surface area contributed by atoms with Crippen molar-refractivity contribution in [1.29, 1.82) is 5.26 Å². The van der Waals surface area contributed by atoms with E-state index in [2.05, 4.69) is 27.2 Å². The molecule has 3 aromatic heterocycles. The second-order valence-corrected chi connectivity index (χ2v) is 8.42. The number of anilines is 1. The number of nitriles is 1. The average molecular weight is 439 g/mol. The summed E-state index contributed by atoms with van der Waals surface area (Å²) in [6, 6.07) is 3.94. The number of methoxy groups -OCH3 is 1. The second-order valence-electron chi connectivity index (χ2n) is 8.42. The minimum absolute atomic E-state index is 0.00908. The van der Waals surface area contributed by atoms with Gasteiger partial charge < -0.3 is 15.0 Å². The molecule has 9 heteroatoms. The molecule has 0 spiro atoms. The molecule has 1 fully saturated rings. The third-order valence-electron chi connectivity index (χ3n) is 6.35. The van der Waals surface area contributed by atoms with E-state index in [4.69, 9.17) is 4.74 Å². The zero-order chi connectivity index (χ0) is 22.9. The quantitative estimate of drug-likeness (QED) is 0.540. The number of carbonyl (C=O) groups is 1. The van der Waals surface area contributed by atoms with Crippen LogP contribution in [0.15, 0.2) is 24.5 Å². The first kappa shape index (κ1) is 21.7. The summed E-state index contributed by atoms with van der Waals surface area (Å²) in [6.45, 7) is 2.07. The van der Waals surface area contributed by atoms with Crippen molar-refractivity contribution in [3.63, 3.8) is 0 Å². The number of nitrogens with one attached hydrogen (secondary N) is 2. The lowest BCUT2D eigenvalue weighted by atomic mass is 9.79. The molecule has 1 atom stereocenters. The molecule has 0 aromatic carbocycles. The summed E-state index contributed by atoms with van der Waals surface area (Å²) in [7, 11) is 1.32. The molecule has 0 bridgehead atoms. The maximum Gasteiger partial charge on any atom is 0.307 e. The standard InChI is InChI=1S/C23H23F2N5O2/c1-23(5-3-4-6-23)18(9-19(31)32-2)29-22-17(25)7-13(10-26)20(30-22)16-12-28-21-15(16)8-14(24)11-27-21/h7-8,11-12,18H,3-6,9H2,1-2H3,(H,27,28)(H,29,30). The first-order valence-corrected chi connectivity index (χ1v) is 10.4. The maximum atomic E-state index is 15.0. The van der Waals surface area contributed by atoms with E-state index >= 15 is 0 Å². The van der Waals surface area contributed by atoms with Crippen molar-refractivity contribution < 1.29 is 18.3 Å². The summed E-state index contributed by atoms with van der Waals surface area (Å²) in [4.78, 5) is 23.4. The molecule has 1 aliphatic rings. The molecule has 1 saturated carbocycles. The molecule has 0 radical (unpaired) electrons. The van der Waals surface area contributed by atoms with E-state index in [9.17, 15) is 18.8 Å². The van der Waals surface area contributed by atoms with Crippen molar-refractivity contribution in [2.24, 2.45) is 5.41 Å². The normalized spacial score (nSPS) is 16.0. The number of halogens is 2. The van der Waals surface area contributed by atoms with Crippen LogP contribution < -0.4 is 5.32 Å². The molecule has 0 aliphatic heterocycles. The van der Waals surface area contributed by atoms with Crippen LogP contribution in [-0.2, 0) is 9.53 Å². The summed E-state index contributed by atoms with van der Waals surface area (Å²) < 4.78 is 33.6. The van der Waals surface area contributed by atoms with Crippen molar-refractivity contribution in [2.45, 2.75) is 45.1 Å². The number of esters is 1. The molecule has 32 heavy (non-hydrogen) atoms. The SMILES string of the molecule is COC(=O)CC(Nc1nc(-c2c[nH]c3ncc(F)cc23)c(C#N)cc1F)C1(C)CCCC1. The minimum Gasteiger partial charge on any atom is -0.469 e. The van der Waals surface area contributed by atoms with E-state index < -0.39 is 23.6 Å². The van der Waals surface area contributed by atoms with Crippen LogP contribution in [0, 0.1) is 28.4 Å². The van der Waals surface area contributed by atoms with Gasteiger partial charge in [0, 0.05) is 23.2 Å². The van der Waals surface area contributed by atoms with Gasteiger partial charge in [-0.15, -0.1) is 0 Å². The molecule has 1 unspecified atom stereocenters. The van der Waals surface area contributed by atoms with Crippen molar-refractivity contribution in [2.75, 3.05) is 12.4 Å². The van der Waals surface area contributed by atoms with Gasteiger partial charge in [-0.05, 0) is 30.4 Å². The summed E-state index contributed by atoms with van der Waals surface area (Å²) in [5.74, 6) is -1.71. The zero-order valence-electron chi connectivity index (χ0n) is 17.8. The number of ether oxygens (including phenoxy) is 1. The van der Waals surface area contributed by atoms with E-state index in [1.54, 1.807) is 6.20 Å². The molecule has 2 N–H and O–H groups in total. The lowest BCUT2D eigenvalue weighted by Crippen LogP contribution is -2.39. The largest absolute Gasteiger partial charge is 0.469 e. The van der Waals surface area contributed by atoms with E-state index in [-0.39, 0.29) is 28.9 Å². The third-order valence-corrected chi connectivity index (χ3v) is 6.35. The molecule has 3 heterocycles. The number of hydrogen-bond donors (Lipinski definition) is 2. The molecule has 7 nitrogen and oxygen atoms in total. The van der Waals surface area contributed by atoms with Gasteiger partial charge in [-0.1, -0.05) is 19.8 Å². The summed E-state index contributed by atoms with van der Waals surface area (Å²) in [5, 5.41) is 13.1. The van der Waals surface area contributed by atoms with Crippen molar-refractivity contribution in [3.05, 3.63) is 41.7 Å². The number of aromatic nitrogens is 3. The number of nitrogens with zero attached hydrogens (tertiary/aromatic N) is 3. The Labute approximate surface area is 183 Å². The Morgan fingerprint density at radius 2 is 2.12 bits per heavy atom. The Morgan fingerprint density at radius 3 is 2.81 bits per heavy atom. The van der Waals surface area contributed by atoms with Crippen LogP contribution in [0.5, 0.6) is 0 Å². The Hall–Kier alpha value is -3.54. The van der Waals surface area contributed by atoms with Gasteiger partial charge in [0.15, 0.2) is 11.6 Å². The van der Waals surface area contributed by atoms with Crippen LogP contribution in [0.3, 0.4) is 0 Å². The number of fused-ring (bicyclic) bond motifs is 1. The molecule has 3 aromatic rings. The van der Waals surface area contributed by atoms with Crippen LogP contribution in [-0.4, -0.2) is 34.1 Å². The lowest BCUT2D eigenvalue weighted by Gasteiger charge is -2.34. The maximum absolute atomic E-state index is 15.0. The van der Waals surface area contributed by atoms with Gasteiger partial charge in [-0.3, -0.25) is 4.79 Å². The predicted octanol–water partition coefficient (Wildman–Crippen LogP) is 4.70. The molecule has 0 saturated heterocycles. The highest BCUT2D eigenvalue weighted by molar-refractivity contribution is 5.94. The van der Waals surface area contributed by atoms with Gasteiger partial charge in [0.2, 0.25) is 0 Å². The minimum atomic E-state index is -0.703. The van der Waals surface area contributed by atoms with Gasteiger partial charge >= 0.3 is 5.97 Å². The molecular weight excluding hydrogens is 416 g/mol. The number of aromatic amines is 1. The number of H-pyrrole nitrogens is 1. The predicted molar refractivity (Wildman–Crippen MR) is 115 cm³/mol. The van der Waals surface area contributed by atoms with Crippen LogP contribution >= 0.6 is 0 Å². The first-order chi connectivity index (χ1) is 15.3. The number of hydrogen-bond acceptors (Lipinski definition) is 6. The van der Waals surface area contributed by atoms with E-state index in [0.717, 1.165) is 37.9 Å². The zero-order valence-corrected chi connectivity index (χ0v) is 17.8. The number of carbonyl (C=O) groups excluding carboxylic acids is 1. The summed E-state index contributed by atoms with van der Waals surface area (Å²) >= 11 is 0. The van der Waals surface area contributed by atoms with Crippen LogP contribution in [0.25, 0.3) is 22.3 Å². The summed E-state index contributed by atoms with van der Waals surface area (Å²) in [6.07, 6.45) is 6.53. The monoisotopic (exact) mass is 439 g/mol. The van der Waals surface area contributed by atoms with Crippen molar-refractivity contribution in [3.8, 4) is 17.3 Å². The highest BCUT2D eigenvalue weighted by Gasteiger charge is 2.39. The fraction of sp³-hybridized carbons (Fsp3) is 0.391. The van der Waals surface area contributed by atoms with Gasteiger partial charge in [0.05, 0.1) is 31.0 Å². The Morgan fingerprint density at radius 1 is 1.38 bits per heavy atom. The highest BCUT2D eigenvalue weighted by atomic mass is 19.1. The third kappa shape index (κ3) is 4.00. The van der Waals surface area contributed by atoms with E-state index in [0.29, 0.717) is 16.6 Å². The number of rotatable bonds is 6. The Bertz CT molecular complexity index is 1210. The molecule has 166 valence electrons. The summed E-state index contributed by atoms with van der Waals surface area (Å²) in [5.41, 5.74) is 0.832. The van der Waals surface area contributed by atoms with Gasteiger partial charge in [-0.2, -0.15) is 5.26 Å². The van der Waals surface area contributed by atoms with Crippen LogP contribution in [0.4, 0.5) is 14.6 Å². The average Bonchev–Trinajstić information content (AvgIpc) is 3.40. The van der Waals surface area contributed by atoms with E-state index in [1.807, 2.05) is 6.07 Å². The van der Waals surface area contributed by atoms with Crippen molar-refractivity contribution in [1.82, 2.24) is 15.0 Å². The molecule has 0 amide bonds. The smallest absolute Gasteiger partial charge is 0.307 e. The fourth-order valence-corrected chi connectivity index (χ4v) is 4.47. The van der Waals surface area contributed by atoms with Crippen LogP contribution in [0.1, 0.15) is 44.6 Å². The van der Waals surface area contributed by atoms with Crippen LogP contribution in [0.2, 0.25) is 0 Å². The molecule has 1 aliphatic carbocycles. The Kier molecular flexibility index (Phi) is 5.78. The molecular formula is C23H23F2N5O2. The first-order valence-electron chi connectivity index (χ1n) is 10.4. The van der Waals surface area contributed by atoms with E-state index in [1.165, 1.54) is 13.2 Å². The van der Waals surface area contributed by atoms with Gasteiger partial charge in [0.25, 0.3) is 0 Å². The lowest BCUT2D eigenvalue weighted by molar-refractivity contribution is -0.141.